The molecule has 0 saturated carbocycles. The summed E-state index contributed by atoms with van der Waals surface area (Å²) >= 11 is 0. The number of methoxy groups -OCH3 is 1. The van der Waals surface area contributed by atoms with Crippen LogP contribution < -0.4 is 11.1 Å². The minimum Gasteiger partial charge on any atom is -0.399 e. The zero-order valence-electron chi connectivity index (χ0n) is 10.7. The second kappa shape index (κ2) is 5.87. The van der Waals surface area contributed by atoms with Crippen molar-refractivity contribution in [3.8, 4) is 0 Å². The van der Waals surface area contributed by atoms with Gasteiger partial charge in [-0.2, -0.15) is 0 Å². The Balaban J connectivity index is 2.06. The lowest BCUT2D eigenvalue weighted by Crippen LogP contribution is -2.31. The van der Waals surface area contributed by atoms with Gasteiger partial charge >= 0.3 is 0 Å². The number of carbonyl (C=O) groups is 1. The molecule has 4 nitrogen and oxygen atoms in total. The standard InChI is InChI=1S/C14H20N2O2/c1-18-8-7-14(17)16-13-4-2-3-10-9-11(15)5-6-12(10)13/h5-6,9,13H,2-4,7-8,15H2,1H3,(H,16,17). The smallest absolute Gasteiger partial charge is 0.222 e. The van der Waals surface area contributed by atoms with E-state index in [1.807, 2.05) is 18.2 Å². The van der Waals surface area contributed by atoms with Crippen LogP contribution in [0.1, 0.15) is 36.4 Å². The zero-order valence-corrected chi connectivity index (χ0v) is 10.7. The molecule has 1 aliphatic rings. The van der Waals surface area contributed by atoms with Crippen LogP contribution in [0.15, 0.2) is 18.2 Å². The summed E-state index contributed by atoms with van der Waals surface area (Å²) < 4.78 is 4.91. The number of ether oxygens (including phenoxy) is 1. The molecule has 0 radical (unpaired) electrons. The van der Waals surface area contributed by atoms with Gasteiger partial charge < -0.3 is 15.8 Å². The van der Waals surface area contributed by atoms with Crippen molar-refractivity contribution >= 4 is 11.6 Å². The van der Waals surface area contributed by atoms with Gasteiger partial charge in [0.25, 0.3) is 0 Å². The van der Waals surface area contributed by atoms with Crippen molar-refractivity contribution in [1.29, 1.82) is 0 Å². The summed E-state index contributed by atoms with van der Waals surface area (Å²) in [7, 11) is 1.60. The van der Waals surface area contributed by atoms with Crippen LogP contribution >= 0.6 is 0 Å². The van der Waals surface area contributed by atoms with E-state index in [1.165, 1.54) is 11.1 Å². The molecule has 0 aromatic heterocycles. The minimum absolute atomic E-state index is 0.0477. The molecule has 1 aliphatic carbocycles. The van der Waals surface area contributed by atoms with Crippen LogP contribution in [0.2, 0.25) is 0 Å². The van der Waals surface area contributed by atoms with Gasteiger partial charge in [-0.3, -0.25) is 4.79 Å². The number of nitrogens with two attached hydrogens (primary N) is 1. The quantitative estimate of drug-likeness (QED) is 0.799. The van der Waals surface area contributed by atoms with Crippen molar-refractivity contribution in [3.63, 3.8) is 0 Å². The molecule has 18 heavy (non-hydrogen) atoms. The molecule has 4 heteroatoms. The number of nitrogens with one attached hydrogen (secondary N) is 1. The van der Waals surface area contributed by atoms with Gasteiger partial charge in [-0.05, 0) is 42.5 Å². The number of anilines is 1. The number of fused-ring (bicyclic) bond motifs is 1. The summed E-state index contributed by atoms with van der Waals surface area (Å²) in [5, 5.41) is 3.07. The van der Waals surface area contributed by atoms with Crippen molar-refractivity contribution in [3.05, 3.63) is 29.3 Å². The number of carbonyl (C=O) groups excluding carboxylic acids is 1. The summed E-state index contributed by atoms with van der Waals surface area (Å²) in [6, 6.07) is 6.07. The Kier molecular flexibility index (Phi) is 4.20. The van der Waals surface area contributed by atoms with Crippen LogP contribution in [0.3, 0.4) is 0 Å². The molecule has 98 valence electrons. The Labute approximate surface area is 108 Å². The number of nitrogen functional groups attached to an aromatic ring is 1. The SMILES string of the molecule is COCCC(=O)NC1CCCc2cc(N)ccc21. The van der Waals surface area contributed by atoms with E-state index in [9.17, 15) is 4.79 Å². The number of amides is 1. The van der Waals surface area contributed by atoms with E-state index in [1.54, 1.807) is 7.11 Å². The fourth-order valence-electron chi connectivity index (χ4n) is 2.45. The predicted molar refractivity (Wildman–Crippen MR) is 71.2 cm³/mol. The first-order valence-corrected chi connectivity index (χ1v) is 6.37. The lowest BCUT2D eigenvalue weighted by atomic mass is 9.87. The van der Waals surface area contributed by atoms with Gasteiger partial charge in [-0.25, -0.2) is 0 Å². The van der Waals surface area contributed by atoms with Gasteiger partial charge in [0.15, 0.2) is 0 Å². The maximum atomic E-state index is 11.7. The monoisotopic (exact) mass is 248 g/mol. The molecule has 0 heterocycles. The number of aryl methyl sites for hydroxylation is 1. The number of hydrogen-bond donors (Lipinski definition) is 2. The van der Waals surface area contributed by atoms with Gasteiger partial charge in [0.1, 0.15) is 0 Å². The molecule has 1 aromatic rings. The van der Waals surface area contributed by atoms with E-state index >= 15 is 0 Å². The fraction of sp³-hybridized carbons (Fsp3) is 0.500. The molecular formula is C14H20N2O2. The van der Waals surface area contributed by atoms with E-state index in [0.29, 0.717) is 13.0 Å². The van der Waals surface area contributed by atoms with Crippen molar-refractivity contribution in [2.75, 3.05) is 19.5 Å². The Morgan fingerprint density at radius 3 is 3.17 bits per heavy atom. The highest BCUT2D eigenvalue weighted by atomic mass is 16.5. The van der Waals surface area contributed by atoms with Crippen LogP contribution in [0.5, 0.6) is 0 Å². The molecule has 1 unspecified atom stereocenters. The maximum Gasteiger partial charge on any atom is 0.222 e. The molecule has 0 aliphatic heterocycles. The van der Waals surface area contributed by atoms with E-state index in [0.717, 1.165) is 24.9 Å². The molecule has 0 spiro atoms. The van der Waals surface area contributed by atoms with Gasteiger partial charge in [0.2, 0.25) is 5.91 Å². The van der Waals surface area contributed by atoms with E-state index in [-0.39, 0.29) is 11.9 Å². The summed E-state index contributed by atoms with van der Waals surface area (Å²) in [6.07, 6.45) is 3.55. The Hall–Kier alpha value is -1.55. The van der Waals surface area contributed by atoms with Gasteiger partial charge in [0, 0.05) is 19.2 Å². The molecular weight excluding hydrogens is 228 g/mol. The third kappa shape index (κ3) is 3.01. The highest BCUT2D eigenvalue weighted by molar-refractivity contribution is 5.76. The van der Waals surface area contributed by atoms with Crippen molar-refractivity contribution in [2.45, 2.75) is 31.7 Å². The van der Waals surface area contributed by atoms with Crippen LogP contribution in [0, 0.1) is 0 Å². The maximum absolute atomic E-state index is 11.7. The number of benzene rings is 1. The van der Waals surface area contributed by atoms with Crippen molar-refractivity contribution < 1.29 is 9.53 Å². The Morgan fingerprint density at radius 1 is 1.56 bits per heavy atom. The molecule has 0 saturated heterocycles. The van der Waals surface area contributed by atoms with Gasteiger partial charge in [-0.15, -0.1) is 0 Å². The van der Waals surface area contributed by atoms with Gasteiger partial charge in [0.05, 0.1) is 12.6 Å². The van der Waals surface area contributed by atoms with Crippen molar-refractivity contribution in [1.82, 2.24) is 5.32 Å². The predicted octanol–water partition coefficient (Wildman–Crippen LogP) is 1.80. The van der Waals surface area contributed by atoms with Crippen LogP contribution in [0.4, 0.5) is 5.69 Å². The van der Waals surface area contributed by atoms with E-state index in [2.05, 4.69) is 5.32 Å². The summed E-state index contributed by atoms with van der Waals surface area (Å²) in [5.41, 5.74) is 9.05. The highest BCUT2D eigenvalue weighted by Crippen LogP contribution is 2.30. The van der Waals surface area contributed by atoms with E-state index < -0.39 is 0 Å². The molecule has 1 aromatic carbocycles. The third-order valence-corrected chi connectivity index (χ3v) is 3.35. The summed E-state index contributed by atoms with van der Waals surface area (Å²) in [5.74, 6) is 0.0477. The molecule has 0 fully saturated rings. The Bertz CT molecular complexity index is 432. The fourth-order valence-corrected chi connectivity index (χ4v) is 2.45. The lowest BCUT2D eigenvalue weighted by molar-refractivity contribution is -0.122. The summed E-state index contributed by atoms with van der Waals surface area (Å²) in [6.45, 7) is 0.465. The first-order valence-electron chi connectivity index (χ1n) is 6.37. The number of hydrogen-bond acceptors (Lipinski definition) is 3. The largest absolute Gasteiger partial charge is 0.399 e. The lowest BCUT2D eigenvalue weighted by Gasteiger charge is -2.26. The molecule has 3 N–H and O–H groups in total. The van der Waals surface area contributed by atoms with Crippen LogP contribution in [0.25, 0.3) is 0 Å². The highest BCUT2D eigenvalue weighted by Gasteiger charge is 2.21. The average Bonchev–Trinajstić information content (AvgIpc) is 2.36. The second-order valence-electron chi connectivity index (χ2n) is 4.71. The van der Waals surface area contributed by atoms with Crippen LogP contribution in [-0.4, -0.2) is 19.6 Å². The van der Waals surface area contributed by atoms with Crippen LogP contribution in [-0.2, 0) is 16.0 Å². The second-order valence-corrected chi connectivity index (χ2v) is 4.71. The first-order chi connectivity index (χ1) is 8.70. The molecule has 2 rings (SSSR count). The summed E-state index contributed by atoms with van der Waals surface area (Å²) in [4.78, 5) is 11.7. The molecule has 1 atom stereocenters. The van der Waals surface area contributed by atoms with E-state index in [4.69, 9.17) is 10.5 Å². The van der Waals surface area contributed by atoms with Gasteiger partial charge in [-0.1, -0.05) is 6.07 Å². The van der Waals surface area contributed by atoms with Crippen molar-refractivity contribution in [2.24, 2.45) is 0 Å². The third-order valence-electron chi connectivity index (χ3n) is 3.35. The number of rotatable bonds is 4. The molecule has 0 bridgehead atoms. The normalized spacial score (nSPS) is 18.2. The minimum atomic E-state index is 0.0477. The first kappa shape index (κ1) is 12.9. The Morgan fingerprint density at radius 2 is 2.39 bits per heavy atom. The average molecular weight is 248 g/mol. The zero-order chi connectivity index (χ0) is 13.0. The molecule has 1 amide bonds. The topological polar surface area (TPSA) is 64.3 Å².